The van der Waals surface area contributed by atoms with Gasteiger partial charge in [-0.05, 0) is 42.9 Å². The quantitative estimate of drug-likeness (QED) is 0.600. The molecule has 0 spiro atoms. The molecule has 2 atom stereocenters. The number of hydrogen-bond donors (Lipinski definition) is 0. The molecular formula is C13H17N. The van der Waals surface area contributed by atoms with Gasteiger partial charge in [0.05, 0.1) is 0 Å². The van der Waals surface area contributed by atoms with Gasteiger partial charge >= 0.3 is 0 Å². The van der Waals surface area contributed by atoms with Crippen LogP contribution in [0.3, 0.4) is 0 Å². The van der Waals surface area contributed by atoms with Gasteiger partial charge in [0.15, 0.2) is 0 Å². The molecule has 1 fully saturated rings. The number of fused-ring (bicyclic) bond motifs is 2. The predicted octanol–water partition coefficient (Wildman–Crippen LogP) is 1.96. The largest absolute Gasteiger partial charge is 0.306 e. The van der Waals surface area contributed by atoms with Gasteiger partial charge in [-0.3, -0.25) is 0 Å². The fraction of sp³-hybridized carbons (Fsp3) is 0.538. The number of rotatable bonds is 0. The zero-order valence-corrected chi connectivity index (χ0v) is 8.74. The Kier molecular flexibility index (Phi) is 1.88. The standard InChI is InChI=1S/C13H17N/c1-14-8-12-6-10-4-2-3-5-11(10)7-13(12)9-14/h2-5,12-13H,6-9H2,1H3. The molecule has 1 saturated heterocycles. The maximum absolute atomic E-state index is 2.49. The van der Waals surface area contributed by atoms with Crippen LogP contribution < -0.4 is 0 Å². The number of benzene rings is 1. The molecule has 0 N–H and O–H groups in total. The molecule has 1 nitrogen and oxygen atoms in total. The predicted molar refractivity (Wildman–Crippen MR) is 58.3 cm³/mol. The van der Waals surface area contributed by atoms with E-state index in [1.807, 2.05) is 0 Å². The normalized spacial score (nSPS) is 31.2. The van der Waals surface area contributed by atoms with Gasteiger partial charge in [-0.25, -0.2) is 0 Å². The van der Waals surface area contributed by atoms with Gasteiger partial charge in [-0.2, -0.15) is 0 Å². The summed E-state index contributed by atoms with van der Waals surface area (Å²) in [4.78, 5) is 2.49. The van der Waals surface area contributed by atoms with Crippen LogP contribution in [0.5, 0.6) is 0 Å². The molecule has 2 aliphatic rings. The van der Waals surface area contributed by atoms with Crippen molar-refractivity contribution < 1.29 is 0 Å². The smallest absolute Gasteiger partial charge is 0.00132 e. The van der Waals surface area contributed by atoms with Crippen molar-refractivity contribution in [1.82, 2.24) is 4.90 Å². The van der Waals surface area contributed by atoms with Crippen LogP contribution in [0.4, 0.5) is 0 Å². The molecule has 0 saturated carbocycles. The zero-order chi connectivity index (χ0) is 9.54. The van der Waals surface area contributed by atoms with Crippen molar-refractivity contribution in [2.24, 2.45) is 11.8 Å². The molecule has 1 aliphatic heterocycles. The van der Waals surface area contributed by atoms with Crippen molar-refractivity contribution in [1.29, 1.82) is 0 Å². The highest BCUT2D eigenvalue weighted by molar-refractivity contribution is 5.31. The molecule has 0 radical (unpaired) electrons. The molecule has 0 amide bonds. The van der Waals surface area contributed by atoms with Gasteiger partial charge in [0.1, 0.15) is 0 Å². The van der Waals surface area contributed by atoms with E-state index in [9.17, 15) is 0 Å². The fourth-order valence-electron chi connectivity index (χ4n) is 3.16. The topological polar surface area (TPSA) is 3.24 Å². The first kappa shape index (κ1) is 8.49. The summed E-state index contributed by atoms with van der Waals surface area (Å²) in [5.74, 6) is 1.85. The second kappa shape index (κ2) is 3.09. The summed E-state index contributed by atoms with van der Waals surface area (Å²) in [5.41, 5.74) is 3.20. The second-order valence-corrected chi connectivity index (χ2v) is 4.92. The lowest BCUT2D eigenvalue weighted by molar-refractivity contribution is 0.390. The molecule has 1 heterocycles. The molecule has 1 aromatic carbocycles. The van der Waals surface area contributed by atoms with Crippen LogP contribution >= 0.6 is 0 Å². The van der Waals surface area contributed by atoms with E-state index in [-0.39, 0.29) is 0 Å². The highest BCUT2D eigenvalue weighted by Gasteiger charge is 2.34. The minimum absolute atomic E-state index is 0.926. The van der Waals surface area contributed by atoms with E-state index in [0.29, 0.717) is 0 Å². The Morgan fingerprint density at radius 3 is 2.00 bits per heavy atom. The first-order chi connectivity index (χ1) is 6.83. The third-order valence-corrected chi connectivity index (χ3v) is 3.84. The third kappa shape index (κ3) is 1.27. The minimum atomic E-state index is 0.926. The molecule has 3 rings (SSSR count). The van der Waals surface area contributed by atoms with Crippen LogP contribution in [0.15, 0.2) is 24.3 Å². The summed E-state index contributed by atoms with van der Waals surface area (Å²) >= 11 is 0. The highest BCUT2D eigenvalue weighted by Crippen LogP contribution is 2.34. The van der Waals surface area contributed by atoms with Crippen molar-refractivity contribution in [2.75, 3.05) is 20.1 Å². The minimum Gasteiger partial charge on any atom is -0.306 e. The van der Waals surface area contributed by atoms with Gasteiger partial charge in [-0.1, -0.05) is 24.3 Å². The van der Waals surface area contributed by atoms with Crippen molar-refractivity contribution in [3.05, 3.63) is 35.4 Å². The summed E-state index contributed by atoms with van der Waals surface area (Å²) in [6.07, 6.45) is 2.62. The molecule has 1 aromatic rings. The summed E-state index contributed by atoms with van der Waals surface area (Å²) in [6.45, 7) is 2.61. The lowest BCUT2D eigenvalue weighted by Gasteiger charge is -2.26. The first-order valence-electron chi connectivity index (χ1n) is 5.58. The molecule has 0 bridgehead atoms. The van der Waals surface area contributed by atoms with Crippen molar-refractivity contribution >= 4 is 0 Å². The zero-order valence-electron chi connectivity index (χ0n) is 8.74. The van der Waals surface area contributed by atoms with Gasteiger partial charge in [-0.15, -0.1) is 0 Å². The van der Waals surface area contributed by atoms with Crippen molar-refractivity contribution in [2.45, 2.75) is 12.8 Å². The van der Waals surface area contributed by atoms with Crippen LogP contribution in [0.1, 0.15) is 11.1 Å². The van der Waals surface area contributed by atoms with Crippen molar-refractivity contribution in [3.8, 4) is 0 Å². The Labute approximate surface area is 85.7 Å². The third-order valence-electron chi connectivity index (χ3n) is 3.84. The number of nitrogens with zero attached hydrogens (tertiary/aromatic N) is 1. The van der Waals surface area contributed by atoms with Crippen LogP contribution in [-0.2, 0) is 12.8 Å². The Bertz CT molecular complexity index is 312. The molecular weight excluding hydrogens is 170 g/mol. The summed E-state index contributed by atoms with van der Waals surface area (Å²) in [6, 6.07) is 8.98. The molecule has 74 valence electrons. The summed E-state index contributed by atoms with van der Waals surface area (Å²) < 4.78 is 0. The molecule has 2 unspecified atom stereocenters. The van der Waals surface area contributed by atoms with E-state index >= 15 is 0 Å². The molecule has 0 aromatic heterocycles. The number of likely N-dealkylation sites (tertiary alicyclic amines) is 1. The van der Waals surface area contributed by atoms with Gasteiger partial charge in [0.2, 0.25) is 0 Å². The SMILES string of the molecule is CN1CC2Cc3ccccc3CC2C1. The maximum atomic E-state index is 2.49. The van der Waals surface area contributed by atoms with Crippen LogP contribution in [0.2, 0.25) is 0 Å². The van der Waals surface area contributed by atoms with Crippen LogP contribution in [0.25, 0.3) is 0 Å². The Morgan fingerprint density at radius 1 is 1.00 bits per heavy atom. The molecule has 14 heavy (non-hydrogen) atoms. The van der Waals surface area contributed by atoms with E-state index in [1.54, 1.807) is 11.1 Å². The van der Waals surface area contributed by atoms with E-state index in [2.05, 4.69) is 36.2 Å². The number of hydrogen-bond acceptors (Lipinski definition) is 1. The summed E-state index contributed by atoms with van der Waals surface area (Å²) in [7, 11) is 2.25. The average Bonchev–Trinajstić information content (AvgIpc) is 2.53. The van der Waals surface area contributed by atoms with Crippen LogP contribution in [-0.4, -0.2) is 25.0 Å². The van der Waals surface area contributed by atoms with Gasteiger partial charge in [0.25, 0.3) is 0 Å². The van der Waals surface area contributed by atoms with E-state index in [1.165, 1.54) is 25.9 Å². The van der Waals surface area contributed by atoms with Gasteiger partial charge in [0, 0.05) is 13.1 Å². The van der Waals surface area contributed by atoms with Crippen LogP contribution in [0, 0.1) is 11.8 Å². The van der Waals surface area contributed by atoms with E-state index in [0.717, 1.165) is 11.8 Å². The second-order valence-electron chi connectivity index (χ2n) is 4.92. The Hall–Kier alpha value is -0.820. The Morgan fingerprint density at radius 2 is 1.50 bits per heavy atom. The monoisotopic (exact) mass is 187 g/mol. The maximum Gasteiger partial charge on any atom is 0.00132 e. The lowest BCUT2D eigenvalue weighted by Crippen LogP contribution is -2.23. The summed E-state index contributed by atoms with van der Waals surface area (Å²) in [5, 5.41) is 0. The van der Waals surface area contributed by atoms with Crippen molar-refractivity contribution in [3.63, 3.8) is 0 Å². The lowest BCUT2D eigenvalue weighted by atomic mass is 9.78. The van der Waals surface area contributed by atoms with E-state index in [4.69, 9.17) is 0 Å². The molecule has 1 heteroatoms. The Balaban J connectivity index is 1.91. The first-order valence-corrected chi connectivity index (χ1v) is 5.58. The van der Waals surface area contributed by atoms with Gasteiger partial charge < -0.3 is 4.90 Å². The highest BCUT2D eigenvalue weighted by atomic mass is 15.1. The fourth-order valence-corrected chi connectivity index (χ4v) is 3.16. The average molecular weight is 187 g/mol. The molecule has 1 aliphatic carbocycles. The van der Waals surface area contributed by atoms with E-state index < -0.39 is 0 Å².